The predicted molar refractivity (Wildman–Crippen MR) is 76.4 cm³/mol. The third-order valence-corrected chi connectivity index (χ3v) is 4.51. The Morgan fingerprint density at radius 2 is 1.84 bits per heavy atom. The van der Waals surface area contributed by atoms with Crippen molar-refractivity contribution >= 4 is 17.5 Å². The zero-order valence-corrected chi connectivity index (χ0v) is 11.7. The monoisotopic (exact) mass is 278 g/mol. The Balaban J connectivity index is 1.70. The number of nitrogens with one attached hydrogen (secondary N) is 2. The summed E-state index contributed by atoms with van der Waals surface area (Å²) < 4.78 is 0. The van der Waals surface area contributed by atoms with Gasteiger partial charge < -0.3 is 10.6 Å². The van der Waals surface area contributed by atoms with Crippen molar-refractivity contribution in [3.63, 3.8) is 0 Å². The lowest BCUT2D eigenvalue weighted by atomic mass is 9.94. The number of piperidine rings is 1. The third-order valence-electron chi connectivity index (χ3n) is 4.26. The van der Waals surface area contributed by atoms with Gasteiger partial charge in [-0.1, -0.05) is 23.7 Å². The van der Waals surface area contributed by atoms with E-state index in [1.807, 2.05) is 24.3 Å². The molecule has 0 unspecified atom stereocenters. The molecule has 102 valence electrons. The van der Waals surface area contributed by atoms with Crippen LogP contribution >= 0.6 is 11.6 Å². The van der Waals surface area contributed by atoms with E-state index >= 15 is 0 Å². The van der Waals surface area contributed by atoms with Crippen LogP contribution in [0.15, 0.2) is 24.3 Å². The van der Waals surface area contributed by atoms with Crippen LogP contribution in [0.4, 0.5) is 0 Å². The maximum Gasteiger partial charge on any atom is 0.230 e. The van der Waals surface area contributed by atoms with Crippen molar-refractivity contribution in [2.45, 2.75) is 37.1 Å². The maximum atomic E-state index is 12.5. The van der Waals surface area contributed by atoms with Gasteiger partial charge in [-0.15, -0.1) is 0 Å². The predicted octanol–water partition coefficient (Wildman–Crippen LogP) is 2.24. The molecule has 0 aromatic heterocycles. The molecule has 1 saturated heterocycles. The van der Waals surface area contributed by atoms with Crippen molar-refractivity contribution in [1.29, 1.82) is 0 Å². The highest BCUT2D eigenvalue weighted by Gasteiger charge is 2.51. The third kappa shape index (κ3) is 2.63. The fourth-order valence-electron chi connectivity index (χ4n) is 2.83. The molecule has 0 bridgehead atoms. The van der Waals surface area contributed by atoms with E-state index in [-0.39, 0.29) is 11.3 Å². The van der Waals surface area contributed by atoms with Crippen LogP contribution in [0.5, 0.6) is 0 Å². The summed E-state index contributed by atoms with van der Waals surface area (Å²) in [5.74, 6) is 0.196. The van der Waals surface area contributed by atoms with Crippen molar-refractivity contribution < 1.29 is 4.79 Å². The van der Waals surface area contributed by atoms with E-state index in [1.165, 1.54) is 0 Å². The largest absolute Gasteiger partial charge is 0.353 e. The summed E-state index contributed by atoms with van der Waals surface area (Å²) in [7, 11) is 0. The molecule has 1 heterocycles. The Morgan fingerprint density at radius 3 is 2.42 bits per heavy atom. The maximum absolute atomic E-state index is 12.5. The summed E-state index contributed by atoms with van der Waals surface area (Å²) in [5.41, 5.74) is 0.818. The molecule has 1 aromatic rings. The summed E-state index contributed by atoms with van der Waals surface area (Å²) in [6, 6.07) is 8.04. The molecule has 2 aliphatic rings. The molecular weight excluding hydrogens is 260 g/mol. The van der Waals surface area contributed by atoms with E-state index in [2.05, 4.69) is 10.6 Å². The number of hydrogen-bond donors (Lipinski definition) is 2. The molecule has 2 N–H and O–H groups in total. The highest BCUT2D eigenvalue weighted by molar-refractivity contribution is 6.30. The molecule has 3 nitrogen and oxygen atoms in total. The van der Waals surface area contributed by atoms with E-state index in [0.717, 1.165) is 49.4 Å². The molecule has 3 rings (SSSR count). The van der Waals surface area contributed by atoms with Crippen LogP contribution < -0.4 is 10.6 Å². The van der Waals surface area contributed by atoms with Crippen molar-refractivity contribution in [3.8, 4) is 0 Å². The zero-order chi connectivity index (χ0) is 13.3. The van der Waals surface area contributed by atoms with Crippen molar-refractivity contribution in [1.82, 2.24) is 10.6 Å². The van der Waals surface area contributed by atoms with Crippen molar-refractivity contribution in [2.75, 3.05) is 13.1 Å². The van der Waals surface area contributed by atoms with E-state index in [1.54, 1.807) is 0 Å². The summed E-state index contributed by atoms with van der Waals surface area (Å²) >= 11 is 5.91. The van der Waals surface area contributed by atoms with E-state index in [9.17, 15) is 4.79 Å². The highest BCUT2D eigenvalue weighted by atomic mass is 35.5. The minimum atomic E-state index is -0.282. The number of hydrogen-bond acceptors (Lipinski definition) is 2. The summed E-state index contributed by atoms with van der Waals surface area (Å²) in [4.78, 5) is 12.5. The molecule has 4 heteroatoms. The van der Waals surface area contributed by atoms with Gasteiger partial charge in [-0.3, -0.25) is 4.79 Å². The van der Waals surface area contributed by atoms with E-state index in [0.29, 0.717) is 6.04 Å². The second-order valence-corrected chi connectivity index (χ2v) is 6.02. The molecule has 0 radical (unpaired) electrons. The summed E-state index contributed by atoms with van der Waals surface area (Å²) in [6.07, 6.45) is 3.96. The SMILES string of the molecule is O=C(NC1CCNCC1)C1(c2ccc(Cl)cc2)CC1. The molecule has 1 aliphatic heterocycles. The topological polar surface area (TPSA) is 41.1 Å². The van der Waals surface area contributed by atoms with Gasteiger partial charge in [-0.2, -0.15) is 0 Å². The zero-order valence-electron chi connectivity index (χ0n) is 10.9. The Bertz CT molecular complexity index is 462. The van der Waals surface area contributed by atoms with Crippen LogP contribution in [0.1, 0.15) is 31.2 Å². The van der Waals surface area contributed by atoms with Gasteiger partial charge in [0.2, 0.25) is 5.91 Å². The van der Waals surface area contributed by atoms with Gasteiger partial charge in [-0.25, -0.2) is 0 Å². The Labute approximate surface area is 118 Å². The molecular formula is C15H19ClN2O. The first-order valence-electron chi connectivity index (χ1n) is 6.98. The average molecular weight is 279 g/mol. The molecule has 2 fully saturated rings. The first-order chi connectivity index (χ1) is 9.21. The number of rotatable bonds is 3. The van der Waals surface area contributed by atoms with Gasteiger partial charge >= 0.3 is 0 Å². The van der Waals surface area contributed by atoms with Crippen LogP contribution in [0.3, 0.4) is 0 Å². The fourth-order valence-corrected chi connectivity index (χ4v) is 2.96. The van der Waals surface area contributed by atoms with Gasteiger partial charge in [0.25, 0.3) is 0 Å². The lowest BCUT2D eigenvalue weighted by Gasteiger charge is -2.26. The van der Waals surface area contributed by atoms with Gasteiger partial charge in [0.05, 0.1) is 5.41 Å². The lowest BCUT2D eigenvalue weighted by molar-refractivity contribution is -0.124. The van der Waals surface area contributed by atoms with E-state index < -0.39 is 0 Å². The van der Waals surface area contributed by atoms with Crippen molar-refractivity contribution in [3.05, 3.63) is 34.9 Å². The molecule has 19 heavy (non-hydrogen) atoms. The normalized spacial score (nSPS) is 21.9. The molecule has 0 spiro atoms. The van der Waals surface area contributed by atoms with Crippen LogP contribution in [0, 0.1) is 0 Å². The van der Waals surface area contributed by atoms with Crippen LogP contribution in [0.2, 0.25) is 5.02 Å². The second-order valence-electron chi connectivity index (χ2n) is 5.59. The van der Waals surface area contributed by atoms with Crippen LogP contribution in [0.25, 0.3) is 0 Å². The Hall–Kier alpha value is -1.06. The number of carbonyl (C=O) groups excluding carboxylic acids is 1. The van der Waals surface area contributed by atoms with Gasteiger partial charge in [0.15, 0.2) is 0 Å². The first kappa shape index (κ1) is 12.9. The summed E-state index contributed by atoms with van der Waals surface area (Å²) in [5, 5.41) is 7.26. The Kier molecular flexibility index (Phi) is 3.50. The number of halogens is 1. The van der Waals surface area contributed by atoms with Gasteiger partial charge in [0, 0.05) is 11.1 Å². The molecule has 0 atom stereocenters. The quantitative estimate of drug-likeness (QED) is 0.890. The lowest BCUT2D eigenvalue weighted by Crippen LogP contribution is -2.46. The summed E-state index contributed by atoms with van der Waals surface area (Å²) in [6.45, 7) is 2.00. The highest BCUT2D eigenvalue weighted by Crippen LogP contribution is 2.48. The van der Waals surface area contributed by atoms with E-state index in [4.69, 9.17) is 11.6 Å². The Morgan fingerprint density at radius 1 is 1.21 bits per heavy atom. The minimum absolute atomic E-state index is 0.196. The number of carbonyl (C=O) groups is 1. The van der Waals surface area contributed by atoms with Crippen LogP contribution in [-0.2, 0) is 10.2 Å². The molecule has 1 aromatic carbocycles. The molecule has 1 saturated carbocycles. The second kappa shape index (κ2) is 5.14. The molecule has 1 amide bonds. The fraction of sp³-hybridized carbons (Fsp3) is 0.533. The number of amides is 1. The number of benzene rings is 1. The van der Waals surface area contributed by atoms with Gasteiger partial charge in [0.1, 0.15) is 0 Å². The minimum Gasteiger partial charge on any atom is -0.353 e. The average Bonchev–Trinajstić information content (AvgIpc) is 3.22. The van der Waals surface area contributed by atoms with Crippen LogP contribution in [-0.4, -0.2) is 25.0 Å². The van der Waals surface area contributed by atoms with Gasteiger partial charge in [-0.05, 0) is 56.5 Å². The van der Waals surface area contributed by atoms with Crippen molar-refractivity contribution in [2.24, 2.45) is 0 Å². The first-order valence-corrected chi connectivity index (χ1v) is 7.36. The smallest absolute Gasteiger partial charge is 0.230 e. The standard InChI is InChI=1S/C15H19ClN2O/c16-12-3-1-11(2-4-12)15(7-8-15)14(19)18-13-5-9-17-10-6-13/h1-4,13,17H,5-10H2,(H,18,19). The molecule has 1 aliphatic carbocycles.